The number of benzene rings is 3. The molecule has 1 amide bonds. The van der Waals surface area contributed by atoms with Gasteiger partial charge in [0, 0.05) is 21.7 Å². The lowest BCUT2D eigenvalue weighted by atomic mass is 9.90. The fourth-order valence-electron chi connectivity index (χ4n) is 2.57. The zero-order valence-electron chi connectivity index (χ0n) is 11.8. The molecule has 0 bridgehead atoms. The summed E-state index contributed by atoms with van der Waals surface area (Å²) in [5.41, 5.74) is 9.50. The summed E-state index contributed by atoms with van der Waals surface area (Å²) >= 11 is 6.44. The Morgan fingerprint density at radius 1 is 0.727 bits per heavy atom. The Morgan fingerprint density at radius 3 is 1.73 bits per heavy atom. The summed E-state index contributed by atoms with van der Waals surface area (Å²) in [5.74, 6) is -0.465. The molecule has 22 heavy (non-hydrogen) atoms. The lowest BCUT2D eigenvalue weighted by Gasteiger charge is -2.15. The molecular weight excluding hydrogens is 294 g/mol. The van der Waals surface area contributed by atoms with Gasteiger partial charge in [0.2, 0.25) is 5.91 Å². The van der Waals surface area contributed by atoms with E-state index in [1.54, 1.807) is 12.1 Å². The molecule has 3 aromatic carbocycles. The minimum atomic E-state index is -0.465. The van der Waals surface area contributed by atoms with Crippen LogP contribution in [0.5, 0.6) is 0 Å². The highest BCUT2D eigenvalue weighted by Gasteiger charge is 2.18. The Labute approximate surface area is 134 Å². The standard InChI is InChI=1S/C19H14ClNO/c20-16-12-11-15(19(21)22)17(13-7-3-1-4-8-13)18(16)14-9-5-2-6-10-14/h1-12H,(H2,21,22). The summed E-state index contributed by atoms with van der Waals surface area (Å²) < 4.78 is 0. The molecular formula is C19H14ClNO. The van der Waals surface area contributed by atoms with Gasteiger partial charge in [0.1, 0.15) is 0 Å². The monoisotopic (exact) mass is 307 g/mol. The number of nitrogens with two attached hydrogens (primary N) is 1. The van der Waals surface area contributed by atoms with Gasteiger partial charge < -0.3 is 5.73 Å². The molecule has 0 aliphatic carbocycles. The summed E-state index contributed by atoms with van der Waals surface area (Å²) in [4.78, 5) is 11.9. The molecule has 2 nitrogen and oxygen atoms in total. The molecule has 108 valence electrons. The minimum absolute atomic E-state index is 0.465. The van der Waals surface area contributed by atoms with Gasteiger partial charge >= 0.3 is 0 Å². The van der Waals surface area contributed by atoms with Crippen LogP contribution in [0.3, 0.4) is 0 Å². The van der Waals surface area contributed by atoms with Crippen LogP contribution < -0.4 is 5.73 Å². The van der Waals surface area contributed by atoms with Crippen molar-refractivity contribution in [1.29, 1.82) is 0 Å². The number of primary amides is 1. The maximum Gasteiger partial charge on any atom is 0.249 e. The number of carbonyl (C=O) groups is 1. The Bertz CT molecular complexity index is 814. The first kappa shape index (κ1) is 14.4. The second-order valence-electron chi connectivity index (χ2n) is 4.94. The van der Waals surface area contributed by atoms with E-state index in [1.807, 2.05) is 60.7 Å². The molecule has 0 atom stereocenters. The van der Waals surface area contributed by atoms with Crippen LogP contribution in [-0.2, 0) is 0 Å². The first-order valence-electron chi connectivity index (χ1n) is 6.91. The third-order valence-electron chi connectivity index (χ3n) is 3.54. The van der Waals surface area contributed by atoms with Crippen LogP contribution in [0.4, 0.5) is 0 Å². The van der Waals surface area contributed by atoms with E-state index in [-0.39, 0.29) is 0 Å². The predicted octanol–water partition coefficient (Wildman–Crippen LogP) is 4.77. The summed E-state index contributed by atoms with van der Waals surface area (Å²) in [6.07, 6.45) is 0. The van der Waals surface area contributed by atoms with Crippen molar-refractivity contribution >= 4 is 17.5 Å². The molecule has 0 aliphatic heterocycles. The Balaban J connectivity index is 2.38. The van der Waals surface area contributed by atoms with Crippen LogP contribution in [0.2, 0.25) is 5.02 Å². The molecule has 3 rings (SSSR count). The van der Waals surface area contributed by atoms with Gasteiger partial charge in [0.25, 0.3) is 0 Å². The smallest absolute Gasteiger partial charge is 0.249 e. The van der Waals surface area contributed by atoms with Crippen molar-refractivity contribution in [3.63, 3.8) is 0 Å². The molecule has 0 saturated heterocycles. The van der Waals surface area contributed by atoms with E-state index in [1.165, 1.54) is 0 Å². The maximum absolute atomic E-state index is 11.9. The van der Waals surface area contributed by atoms with Crippen LogP contribution in [0.15, 0.2) is 72.8 Å². The molecule has 0 fully saturated rings. The average molecular weight is 308 g/mol. The Kier molecular flexibility index (Phi) is 3.94. The van der Waals surface area contributed by atoms with Gasteiger partial charge in [0.15, 0.2) is 0 Å². The van der Waals surface area contributed by atoms with Gasteiger partial charge in [-0.15, -0.1) is 0 Å². The van der Waals surface area contributed by atoms with E-state index in [0.29, 0.717) is 10.6 Å². The van der Waals surface area contributed by atoms with Crippen LogP contribution in [0.25, 0.3) is 22.3 Å². The van der Waals surface area contributed by atoms with Gasteiger partial charge in [-0.3, -0.25) is 4.79 Å². The third-order valence-corrected chi connectivity index (χ3v) is 3.86. The molecule has 0 saturated carbocycles. The number of amides is 1. The van der Waals surface area contributed by atoms with Crippen molar-refractivity contribution < 1.29 is 4.79 Å². The zero-order chi connectivity index (χ0) is 15.5. The molecule has 3 aromatic rings. The van der Waals surface area contributed by atoms with Crippen molar-refractivity contribution in [3.05, 3.63) is 83.4 Å². The molecule has 0 aliphatic rings. The number of carbonyl (C=O) groups excluding carboxylic acids is 1. The van der Waals surface area contributed by atoms with E-state index in [2.05, 4.69) is 0 Å². The van der Waals surface area contributed by atoms with Crippen molar-refractivity contribution in [3.8, 4) is 22.3 Å². The highest BCUT2D eigenvalue weighted by atomic mass is 35.5. The van der Waals surface area contributed by atoms with Gasteiger partial charge in [0.05, 0.1) is 0 Å². The zero-order valence-corrected chi connectivity index (χ0v) is 12.5. The molecule has 0 aromatic heterocycles. The van der Waals surface area contributed by atoms with Gasteiger partial charge in [-0.1, -0.05) is 72.3 Å². The number of hydrogen-bond donors (Lipinski definition) is 1. The number of halogens is 1. The first-order valence-corrected chi connectivity index (χ1v) is 7.29. The van der Waals surface area contributed by atoms with E-state index >= 15 is 0 Å². The predicted molar refractivity (Wildman–Crippen MR) is 90.8 cm³/mol. The fourth-order valence-corrected chi connectivity index (χ4v) is 2.84. The summed E-state index contributed by atoms with van der Waals surface area (Å²) in [5, 5.41) is 0.593. The lowest BCUT2D eigenvalue weighted by molar-refractivity contribution is 0.100. The van der Waals surface area contributed by atoms with Crippen LogP contribution in [0.1, 0.15) is 10.4 Å². The molecule has 0 unspecified atom stereocenters. The lowest BCUT2D eigenvalue weighted by Crippen LogP contribution is -2.13. The van der Waals surface area contributed by atoms with Crippen molar-refractivity contribution in [2.24, 2.45) is 5.73 Å². The summed E-state index contributed by atoms with van der Waals surface area (Å²) in [6.45, 7) is 0. The van der Waals surface area contributed by atoms with Gasteiger partial charge in [-0.2, -0.15) is 0 Å². The largest absolute Gasteiger partial charge is 0.366 e. The normalized spacial score (nSPS) is 10.4. The first-order chi connectivity index (χ1) is 10.7. The van der Waals surface area contributed by atoms with E-state index in [9.17, 15) is 4.79 Å². The maximum atomic E-state index is 11.9. The minimum Gasteiger partial charge on any atom is -0.366 e. The van der Waals surface area contributed by atoms with Crippen LogP contribution in [0, 0.1) is 0 Å². The van der Waals surface area contributed by atoms with Gasteiger partial charge in [-0.05, 0) is 23.3 Å². The highest BCUT2D eigenvalue weighted by molar-refractivity contribution is 6.34. The average Bonchev–Trinajstić information content (AvgIpc) is 2.56. The van der Waals surface area contributed by atoms with Crippen LogP contribution >= 0.6 is 11.6 Å². The molecule has 0 radical (unpaired) electrons. The van der Waals surface area contributed by atoms with E-state index in [4.69, 9.17) is 17.3 Å². The molecule has 3 heteroatoms. The quantitative estimate of drug-likeness (QED) is 0.744. The Hall–Kier alpha value is -2.58. The fraction of sp³-hybridized carbons (Fsp3) is 0. The van der Waals surface area contributed by atoms with Crippen molar-refractivity contribution in [1.82, 2.24) is 0 Å². The van der Waals surface area contributed by atoms with E-state index < -0.39 is 5.91 Å². The number of hydrogen-bond acceptors (Lipinski definition) is 1. The topological polar surface area (TPSA) is 43.1 Å². The van der Waals surface area contributed by atoms with Crippen molar-refractivity contribution in [2.75, 3.05) is 0 Å². The van der Waals surface area contributed by atoms with Crippen LogP contribution in [-0.4, -0.2) is 5.91 Å². The number of rotatable bonds is 3. The summed E-state index contributed by atoms with van der Waals surface area (Å²) in [6, 6.07) is 22.8. The highest BCUT2D eigenvalue weighted by Crippen LogP contribution is 2.39. The molecule has 0 heterocycles. The molecule has 0 spiro atoms. The second kappa shape index (κ2) is 6.04. The van der Waals surface area contributed by atoms with Crippen molar-refractivity contribution in [2.45, 2.75) is 0 Å². The summed E-state index contributed by atoms with van der Waals surface area (Å²) in [7, 11) is 0. The van der Waals surface area contributed by atoms with Gasteiger partial charge in [-0.25, -0.2) is 0 Å². The third kappa shape index (κ3) is 2.61. The van der Waals surface area contributed by atoms with E-state index in [0.717, 1.165) is 22.3 Å². The SMILES string of the molecule is NC(=O)c1ccc(Cl)c(-c2ccccc2)c1-c1ccccc1. The molecule has 2 N–H and O–H groups in total. The second-order valence-corrected chi connectivity index (χ2v) is 5.35. The Morgan fingerprint density at radius 2 is 1.23 bits per heavy atom.